The van der Waals surface area contributed by atoms with Crippen LogP contribution in [0, 0.1) is 0 Å². The molecule has 0 fully saturated rings. The summed E-state index contributed by atoms with van der Waals surface area (Å²) in [4.78, 5) is 39.1. The van der Waals surface area contributed by atoms with Crippen LogP contribution in [0.3, 0.4) is 0 Å². The number of unbranched alkanes of at least 4 members (excludes halogenated alkanes) is 11. The molecule has 3 N–H and O–H groups in total. The van der Waals surface area contributed by atoms with E-state index in [-0.39, 0.29) is 12.5 Å². The van der Waals surface area contributed by atoms with Crippen LogP contribution in [0.2, 0.25) is 0 Å². The van der Waals surface area contributed by atoms with Crippen molar-refractivity contribution in [3.63, 3.8) is 0 Å². The van der Waals surface area contributed by atoms with Crippen LogP contribution < -0.4 is 10.6 Å². The molecule has 1 unspecified atom stereocenters. The summed E-state index contributed by atoms with van der Waals surface area (Å²) in [7, 11) is 0. The topological polar surface area (TPSA) is 113 Å². The standard InChI is InChI=1S/C23H40N4O4/c1-2-3-4-5-6-7-8-9-10-11-12-13-14-21(28)26-20(18-27-16-15-24-19-27)23(31)25-17-22(29)30/h15-16,19-20H,2-14,17-18H2,1H3,(H,25,31)(H,26,28)(H,29,30). The molecule has 0 saturated carbocycles. The van der Waals surface area contributed by atoms with Gasteiger partial charge in [-0.25, -0.2) is 4.98 Å². The maximum atomic E-state index is 12.3. The number of aliphatic carboxylic acids is 1. The number of carbonyl (C=O) groups excluding carboxylic acids is 2. The van der Waals surface area contributed by atoms with Crippen molar-refractivity contribution in [3.05, 3.63) is 18.7 Å². The Balaban J connectivity index is 2.17. The van der Waals surface area contributed by atoms with Gasteiger partial charge in [0.2, 0.25) is 11.8 Å². The summed E-state index contributed by atoms with van der Waals surface area (Å²) in [5, 5.41) is 13.8. The Morgan fingerprint density at radius 3 is 2.03 bits per heavy atom. The highest BCUT2D eigenvalue weighted by molar-refractivity contribution is 5.89. The van der Waals surface area contributed by atoms with Gasteiger partial charge in [0.1, 0.15) is 12.6 Å². The van der Waals surface area contributed by atoms with Gasteiger partial charge in [-0.05, 0) is 6.42 Å². The lowest BCUT2D eigenvalue weighted by Crippen LogP contribution is -2.49. The summed E-state index contributed by atoms with van der Waals surface area (Å²) in [6, 6.07) is -0.835. The fourth-order valence-electron chi connectivity index (χ4n) is 3.48. The van der Waals surface area contributed by atoms with E-state index in [4.69, 9.17) is 5.11 Å². The van der Waals surface area contributed by atoms with Crippen molar-refractivity contribution in [2.45, 2.75) is 103 Å². The minimum atomic E-state index is -1.13. The van der Waals surface area contributed by atoms with Gasteiger partial charge in [0.15, 0.2) is 0 Å². The Labute approximate surface area is 186 Å². The van der Waals surface area contributed by atoms with Crippen LogP contribution in [0.15, 0.2) is 18.7 Å². The van der Waals surface area contributed by atoms with E-state index in [1.807, 2.05) is 0 Å². The monoisotopic (exact) mass is 436 g/mol. The molecule has 8 heteroatoms. The lowest BCUT2D eigenvalue weighted by molar-refractivity contribution is -0.138. The first-order chi connectivity index (χ1) is 15.0. The Morgan fingerprint density at radius 1 is 0.935 bits per heavy atom. The van der Waals surface area contributed by atoms with E-state index >= 15 is 0 Å². The van der Waals surface area contributed by atoms with Crippen molar-refractivity contribution < 1.29 is 19.5 Å². The minimum Gasteiger partial charge on any atom is -0.480 e. The number of hydrogen-bond acceptors (Lipinski definition) is 4. The first-order valence-electron chi connectivity index (χ1n) is 11.8. The molecule has 0 aliphatic carbocycles. The van der Waals surface area contributed by atoms with Gasteiger partial charge in [0.25, 0.3) is 0 Å². The van der Waals surface area contributed by atoms with Gasteiger partial charge in [-0.3, -0.25) is 14.4 Å². The van der Waals surface area contributed by atoms with Gasteiger partial charge in [0, 0.05) is 18.8 Å². The fourth-order valence-corrected chi connectivity index (χ4v) is 3.48. The molecule has 1 aromatic heterocycles. The highest BCUT2D eigenvalue weighted by Crippen LogP contribution is 2.12. The number of carboxylic acids is 1. The summed E-state index contributed by atoms with van der Waals surface area (Å²) in [5.74, 6) is -1.83. The van der Waals surface area contributed by atoms with Crippen LogP contribution in [0.5, 0.6) is 0 Å². The van der Waals surface area contributed by atoms with Gasteiger partial charge >= 0.3 is 5.97 Å². The maximum absolute atomic E-state index is 12.3. The van der Waals surface area contributed by atoms with E-state index in [0.29, 0.717) is 6.42 Å². The van der Waals surface area contributed by atoms with Gasteiger partial charge in [-0.15, -0.1) is 0 Å². The highest BCUT2D eigenvalue weighted by atomic mass is 16.4. The molecular formula is C23H40N4O4. The number of aromatic nitrogens is 2. The molecule has 1 rings (SSSR count). The smallest absolute Gasteiger partial charge is 0.322 e. The van der Waals surface area contributed by atoms with Gasteiger partial charge < -0.3 is 20.3 Å². The third-order valence-corrected chi connectivity index (χ3v) is 5.28. The molecule has 1 aromatic rings. The number of amides is 2. The van der Waals surface area contributed by atoms with E-state index in [1.165, 1.54) is 57.8 Å². The van der Waals surface area contributed by atoms with Gasteiger partial charge in [0.05, 0.1) is 12.9 Å². The fraction of sp³-hybridized carbons (Fsp3) is 0.739. The van der Waals surface area contributed by atoms with Crippen LogP contribution in [0.25, 0.3) is 0 Å². The van der Waals surface area contributed by atoms with Crippen molar-refractivity contribution in [2.75, 3.05) is 6.54 Å². The summed E-state index contributed by atoms with van der Waals surface area (Å²) in [6.07, 6.45) is 19.9. The zero-order valence-electron chi connectivity index (χ0n) is 19.0. The number of nitrogens with zero attached hydrogens (tertiary/aromatic N) is 2. The number of carbonyl (C=O) groups is 3. The molecule has 0 saturated heterocycles. The molecule has 2 amide bonds. The first kappa shape index (κ1) is 26.7. The zero-order valence-corrected chi connectivity index (χ0v) is 19.0. The van der Waals surface area contributed by atoms with E-state index in [1.54, 1.807) is 23.3 Å². The molecule has 1 heterocycles. The molecule has 0 radical (unpaired) electrons. The quantitative estimate of drug-likeness (QED) is 0.286. The Bertz CT molecular complexity index is 619. The van der Waals surface area contributed by atoms with E-state index in [9.17, 15) is 14.4 Å². The van der Waals surface area contributed by atoms with Crippen LogP contribution >= 0.6 is 0 Å². The van der Waals surface area contributed by atoms with Crippen LogP contribution in [0.1, 0.15) is 90.4 Å². The summed E-state index contributed by atoms with van der Waals surface area (Å²) in [5.41, 5.74) is 0. The molecule has 0 spiro atoms. The normalized spacial score (nSPS) is 11.8. The molecule has 0 aliphatic heterocycles. The number of hydrogen-bond donors (Lipinski definition) is 3. The van der Waals surface area contributed by atoms with E-state index in [2.05, 4.69) is 22.5 Å². The van der Waals surface area contributed by atoms with Crippen molar-refractivity contribution in [2.24, 2.45) is 0 Å². The second kappa shape index (κ2) is 17.3. The van der Waals surface area contributed by atoms with E-state index in [0.717, 1.165) is 19.3 Å². The average molecular weight is 437 g/mol. The molecule has 0 aromatic carbocycles. The predicted octanol–water partition coefficient (Wildman–Crippen LogP) is 3.66. The third kappa shape index (κ3) is 14.3. The molecule has 31 heavy (non-hydrogen) atoms. The second-order valence-corrected chi connectivity index (χ2v) is 8.13. The van der Waals surface area contributed by atoms with Crippen LogP contribution in [-0.4, -0.2) is 45.0 Å². The molecule has 8 nitrogen and oxygen atoms in total. The second-order valence-electron chi connectivity index (χ2n) is 8.13. The van der Waals surface area contributed by atoms with Gasteiger partial charge in [-0.2, -0.15) is 0 Å². The molecule has 1 atom stereocenters. The maximum Gasteiger partial charge on any atom is 0.322 e. The highest BCUT2D eigenvalue weighted by Gasteiger charge is 2.21. The molecular weight excluding hydrogens is 396 g/mol. The number of carboxylic acid groups (broad SMARTS) is 1. The first-order valence-corrected chi connectivity index (χ1v) is 11.8. The van der Waals surface area contributed by atoms with E-state index < -0.39 is 24.5 Å². The SMILES string of the molecule is CCCCCCCCCCCCCCC(=O)NC(Cn1ccnc1)C(=O)NCC(=O)O. The zero-order chi connectivity index (χ0) is 22.7. The Morgan fingerprint density at radius 2 is 1.52 bits per heavy atom. The number of imidazole rings is 1. The van der Waals surface area contributed by atoms with Crippen molar-refractivity contribution in [1.29, 1.82) is 0 Å². The van der Waals surface area contributed by atoms with Crippen molar-refractivity contribution in [1.82, 2.24) is 20.2 Å². The molecule has 0 aliphatic rings. The largest absolute Gasteiger partial charge is 0.480 e. The van der Waals surface area contributed by atoms with Crippen molar-refractivity contribution >= 4 is 17.8 Å². The minimum absolute atomic E-state index is 0.192. The average Bonchev–Trinajstić information content (AvgIpc) is 3.25. The summed E-state index contributed by atoms with van der Waals surface area (Å²) in [6.45, 7) is 1.96. The Hall–Kier alpha value is -2.38. The van der Waals surface area contributed by atoms with Gasteiger partial charge in [-0.1, -0.05) is 77.6 Å². The lowest BCUT2D eigenvalue weighted by Gasteiger charge is -2.18. The van der Waals surface area contributed by atoms with Crippen molar-refractivity contribution in [3.8, 4) is 0 Å². The predicted molar refractivity (Wildman–Crippen MR) is 120 cm³/mol. The lowest BCUT2D eigenvalue weighted by atomic mass is 10.0. The number of nitrogens with one attached hydrogen (secondary N) is 2. The third-order valence-electron chi connectivity index (χ3n) is 5.28. The summed E-state index contributed by atoms with van der Waals surface area (Å²) < 4.78 is 1.68. The van der Waals surface area contributed by atoms with Crippen LogP contribution in [0.4, 0.5) is 0 Å². The molecule has 176 valence electrons. The summed E-state index contributed by atoms with van der Waals surface area (Å²) >= 11 is 0. The number of rotatable bonds is 19. The van der Waals surface area contributed by atoms with Crippen LogP contribution in [-0.2, 0) is 20.9 Å². The Kier molecular flexibility index (Phi) is 14.9. The molecule has 0 bridgehead atoms.